The van der Waals surface area contributed by atoms with Crippen molar-refractivity contribution in [1.29, 1.82) is 0 Å². The van der Waals surface area contributed by atoms with Gasteiger partial charge in [0.1, 0.15) is 6.29 Å². The van der Waals surface area contributed by atoms with Crippen LogP contribution in [0.1, 0.15) is 23.9 Å². The molecule has 0 saturated carbocycles. The molecule has 0 bridgehead atoms. The fourth-order valence-electron chi connectivity index (χ4n) is 2.06. The Labute approximate surface area is 133 Å². The Morgan fingerprint density at radius 1 is 1.57 bits per heavy atom. The van der Waals surface area contributed by atoms with Crippen LogP contribution < -0.4 is 16.0 Å². The van der Waals surface area contributed by atoms with Crippen molar-refractivity contribution in [2.45, 2.75) is 25.7 Å². The zero-order valence-electron chi connectivity index (χ0n) is 12.8. The molecule has 10 nitrogen and oxygen atoms in total. The summed E-state index contributed by atoms with van der Waals surface area (Å²) in [5.74, 6) is -1.94. The highest BCUT2D eigenvalue weighted by atomic mass is 16.7. The van der Waals surface area contributed by atoms with Crippen LogP contribution >= 0.6 is 0 Å². The highest BCUT2D eigenvalue weighted by molar-refractivity contribution is 5.93. The second kappa shape index (κ2) is 8.58. The molecule has 128 valence electrons. The van der Waals surface area contributed by atoms with Crippen molar-refractivity contribution in [3.8, 4) is 0 Å². The van der Waals surface area contributed by atoms with Crippen molar-refractivity contribution >= 4 is 11.9 Å². The van der Waals surface area contributed by atoms with Crippen LogP contribution in [-0.2, 0) is 9.63 Å². The van der Waals surface area contributed by atoms with E-state index in [1.807, 2.05) is 6.92 Å². The van der Waals surface area contributed by atoms with E-state index in [-0.39, 0.29) is 25.2 Å². The average Bonchev–Trinajstić information content (AvgIpc) is 3.22. The Kier molecular flexibility index (Phi) is 6.47. The number of nitrogens with zero attached hydrogens (tertiary/aromatic N) is 2. The quantitative estimate of drug-likeness (QED) is 0.421. The molecule has 1 fully saturated rings. The molecule has 23 heavy (non-hydrogen) atoms. The highest BCUT2D eigenvalue weighted by Crippen LogP contribution is 2.10. The third kappa shape index (κ3) is 4.73. The van der Waals surface area contributed by atoms with E-state index in [1.54, 1.807) is 0 Å². The Morgan fingerprint density at radius 3 is 2.87 bits per heavy atom. The number of aromatic nitrogens is 1. The third-order valence-electron chi connectivity index (χ3n) is 3.19. The molecule has 0 spiro atoms. The molecule has 1 aliphatic heterocycles. The number of nitrogens with one attached hydrogen (secondary N) is 3. The number of carboxylic acid groups (broad SMARTS) is 1. The minimum Gasteiger partial charge on any atom is -0.480 e. The first-order valence-corrected chi connectivity index (χ1v) is 7.43. The van der Waals surface area contributed by atoms with Gasteiger partial charge in [0.15, 0.2) is 6.04 Å². The molecule has 1 saturated heterocycles. The normalized spacial score (nSPS) is 16.4. The van der Waals surface area contributed by atoms with Gasteiger partial charge in [-0.1, -0.05) is 12.1 Å². The van der Waals surface area contributed by atoms with Crippen LogP contribution in [0.25, 0.3) is 0 Å². The van der Waals surface area contributed by atoms with Crippen LogP contribution in [0.5, 0.6) is 0 Å². The van der Waals surface area contributed by atoms with Crippen LogP contribution in [0.2, 0.25) is 0 Å². The van der Waals surface area contributed by atoms with Gasteiger partial charge in [0, 0.05) is 25.7 Å². The summed E-state index contributed by atoms with van der Waals surface area (Å²) in [5, 5.41) is 22.9. The first kappa shape index (κ1) is 17.3. The van der Waals surface area contributed by atoms with Crippen molar-refractivity contribution in [3.05, 3.63) is 18.0 Å². The first-order chi connectivity index (χ1) is 11.1. The van der Waals surface area contributed by atoms with Crippen LogP contribution in [0.4, 0.5) is 0 Å². The van der Waals surface area contributed by atoms with E-state index in [2.05, 4.69) is 21.1 Å². The molecule has 1 amide bonds. The van der Waals surface area contributed by atoms with Gasteiger partial charge in [0.2, 0.25) is 5.76 Å². The molecule has 4 N–H and O–H groups in total. The van der Waals surface area contributed by atoms with Gasteiger partial charge in [-0.05, 0) is 6.42 Å². The van der Waals surface area contributed by atoms with Crippen LogP contribution in [-0.4, -0.2) is 65.8 Å². The SMILES string of the molecule is CCCON(C(=O)c1ccno1)C(CNC1NCCN1)C(=O)O. The molecular weight excluding hydrogens is 306 g/mol. The number of hydrogen-bond acceptors (Lipinski definition) is 8. The standard InChI is InChI=1S/C13H21N5O5/c1-2-7-22-18(11(19)10-3-4-17-23-10)9(12(20)21)8-16-13-14-5-6-15-13/h3-4,9,13-16H,2,5-8H2,1H3,(H,20,21). The second-order valence-corrected chi connectivity index (χ2v) is 4.94. The van der Waals surface area contributed by atoms with E-state index in [4.69, 9.17) is 9.36 Å². The lowest BCUT2D eigenvalue weighted by Crippen LogP contribution is -2.55. The van der Waals surface area contributed by atoms with Gasteiger partial charge in [0.25, 0.3) is 0 Å². The van der Waals surface area contributed by atoms with E-state index >= 15 is 0 Å². The van der Waals surface area contributed by atoms with Gasteiger partial charge >= 0.3 is 11.9 Å². The van der Waals surface area contributed by atoms with Gasteiger partial charge in [-0.2, -0.15) is 5.06 Å². The van der Waals surface area contributed by atoms with Crippen LogP contribution in [0.15, 0.2) is 16.8 Å². The maximum atomic E-state index is 12.4. The third-order valence-corrected chi connectivity index (χ3v) is 3.19. The maximum Gasteiger partial charge on any atom is 0.330 e. The van der Waals surface area contributed by atoms with E-state index in [9.17, 15) is 14.7 Å². The fourth-order valence-corrected chi connectivity index (χ4v) is 2.06. The molecule has 10 heteroatoms. The highest BCUT2D eigenvalue weighted by Gasteiger charge is 2.34. The summed E-state index contributed by atoms with van der Waals surface area (Å²) in [6.45, 7) is 3.63. The van der Waals surface area contributed by atoms with Gasteiger partial charge in [-0.3, -0.25) is 25.6 Å². The Morgan fingerprint density at radius 2 is 2.30 bits per heavy atom. The molecule has 1 aromatic heterocycles. The molecule has 0 radical (unpaired) electrons. The molecule has 0 aromatic carbocycles. The van der Waals surface area contributed by atoms with E-state index in [0.717, 1.165) is 18.2 Å². The Bertz CT molecular complexity index is 503. The minimum atomic E-state index is -1.21. The number of carbonyl (C=O) groups excluding carboxylic acids is 1. The number of hydroxylamine groups is 2. The number of carboxylic acids is 1. The summed E-state index contributed by atoms with van der Waals surface area (Å²) in [6, 6.07) is 0.153. The van der Waals surface area contributed by atoms with Crippen LogP contribution in [0.3, 0.4) is 0 Å². The van der Waals surface area contributed by atoms with Crippen molar-refractivity contribution in [3.63, 3.8) is 0 Å². The fraction of sp³-hybridized carbons (Fsp3) is 0.615. The molecule has 1 aliphatic rings. The Balaban J connectivity index is 2.07. The summed E-state index contributed by atoms with van der Waals surface area (Å²) in [7, 11) is 0. The van der Waals surface area contributed by atoms with E-state index in [1.165, 1.54) is 12.3 Å². The Hall–Kier alpha value is -2.01. The second-order valence-electron chi connectivity index (χ2n) is 4.94. The zero-order valence-corrected chi connectivity index (χ0v) is 12.8. The lowest BCUT2D eigenvalue weighted by atomic mass is 10.2. The summed E-state index contributed by atoms with van der Waals surface area (Å²) in [6.07, 6.45) is 1.74. The maximum absolute atomic E-state index is 12.4. The van der Waals surface area contributed by atoms with Crippen LogP contribution in [0, 0.1) is 0 Å². The van der Waals surface area contributed by atoms with Crippen molar-refractivity contribution in [1.82, 2.24) is 26.2 Å². The van der Waals surface area contributed by atoms with Gasteiger partial charge in [0.05, 0.1) is 12.8 Å². The van der Waals surface area contributed by atoms with Crippen molar-refractivity contribution in [2.75, 3.05) is 26.2 Å². The molecule has 1 unspecified atom stereocenters. The summed E-state index contributed by atoms with van der Waals surface area (Å²) in [5.41, 5.74) is 0. The number of amides is 1. The van der Waals surface area contributed by atoms with E-state index in [0.29, 0.717) is 6.42 Å². The summed E-state index contributed by atoms with van der Waals surface area (Å²) >= 11 is 0. The number of aliphatic carboxylic acids is 1. The monoisotopic (exact) mass is 327 g/mol. The number of rotatable bonds is 9. The first-order valence-electron chi connectivity index (χ1n) is 7.43. The number of hydrogen-bond donors (Lipinski definition) is 4. The summed E-state index contributed by atoms with van der Waals surface area (Å²) < 4.78 is 4.80. The predicted molar refractivity (Wildman–Crippen MR) is 78.1 cm³/mol. The van der Waals surface area contributed by atoms with Gasteiger partial charge in [-0.15, -0.1) is 0 Å². The largest absolute Gasteiger partial charge is 0.480 e. The van der Waals surface area contributed by atoms with Gasteiger partial charge in [-0.25, -0.2) is 4.79 Å². The van der Waals surface area contributed by atoms with Gasteiger partial charge < -0.3 is 9.63 Å². The van der Waals surface area contributed by atoms with E-state index < -0.39 is 17.9 Å². The molecule has 0 aliphatic carbocycles. The van der Waals surface area contributed by atoms with Crippen molar-refractivity contribution in [2.24, 2.45) is 0 Å². The molecule has 2 rings (SSSR count). The smallest absolute Gasteiger partial charge is 0.330 e. The summed E-state index contributed by atoms with van der Waals surface area (Å²) in [4.78, 5) is 29.3. The topological polar surface area (TPSA) is 129 Å². The lowest BCUT2D eigenvalue weighted by Gasteiger charge is -2.28. The minimum absolute atomic E-state index is 0.00356. The predicted octanol–water partition coefficient (Wildman–Crippen LogP) is -1.02. The molecule has 2 heterocycles. The lowest BCUT2D eigenvalue weighted by molar-refractivity contribution is -0.176. The molecule has 1 aromatic rings. The number of carbonyl (C=O) groups is 2. The molecular formula is C13H21N5O5. The molecule has 1 atom stereocenters. The zero-order chi connectivity index (χ0) is 16.7. The van der Waals surface area contributed by atoms with Crippen molar-refractivity contribution < 1.29 is 24.1 Å². The average molecular weight is 327 g/mol.